The van der Waals surface area contributed by atoms with Crippen molar-refractivity contribution in [1.82, 2.24) is 20.5 Å². The second-order valence-electron chi connectivity index (χ2n) is 6.69. The number of aliphatic imine (C=N–C) groups is 1. The van der Waals surface area contributed by atoms with Gasteiger partial charge >= 0.3 is 0 Å². The van der Waals surface area contributed by atoms with Crippen molar-refractivity contribution < 1.29 is 4.39 Å². The Bertz CT molecular complexity index is 753. The van der Waals surface area contributed by atoms with Crippen molar-refractivity contribution in [2.24, 2.45) is 4.99 Å². The van der Waals surface area contributed by atoms with Crippen molar-refractivity contribution in [3.05, 3.63) is 59.5 Å². The predicted molar refractivity (Wildman–Crippen MR) is 107 cm³/mol. The molecule has 7 heteroatoms. The fourth-order valence-corrected chi connectivity index (χ4v) is 2.97. The van der Waals surface area contributed by atoms with Crippen molar-refractivity contribution in [2.45, 2.75) is 13.1 Å². The highest BCUT2D eigenvalue weighted by molar-refractivity contribution is 5.79. The predicted octanol–water partition coefficient (Wildman–Crippen LogP) is 1.84. The number of likely N-dealkylation sites (N-methyl/N-ethyl adjacent to an activating group) is 1. The Labute approximate surface area is 160 Å². The lowest BCUT2D eigenvalue weighted by atomic mass is 10.2. The zero-order chi connectivity index (χ0) is 19.1. The molecule has 2 N–H and O–H groups in total. The van der Waals surface area contributed by atoms with Crippen LogP contribution in [0.2, 0.25) is 0 Å². The summed E-state index contributed by atoms with van der Waals surface area (Å²) in [5.74, 6) is 1.43. The van der Waals surface area contributed by atoms with Crippen LogP contribution < -0.4 is 15.5 Å². The summed E-state index contributed by atoms with van der Waals surface area (Å²) >= 11 is 0. The topological polar surface area (TPSA) is 55.8 Å². The first-order valence-corrected chi connectivity index (χ1v) is 9.22. The van der Waals surface area contributed by atoms with Crippen LogP contribution in [0.15, 0.2) is 47.6 Å². The maximum Gasteiger partial charge on any atom is 0.191 e. The number of nitrogens with zero attached hydrogens (tertiary/aromatic N) is 4. The molecule has 2 aromatic rings. The Morgan fingerprint density at radius 3 is 2.48 bits per heavy atom. The summed E-state index contributed by atoms with van der Waals surface area (Å²) in [6, 6.07) is 10.9. The van der Waals surface area contributed by atoms with E-state index in [1.54, 1.807) is 19.2 Å². The molecule has 144 valence electrons. The van der Waals surface area contributed by atoms with Crippen molar-refractivity contribution in [3.63, 3.8) is 0 Å². The number of pyridine rings is 1. The molecule has 1 aromatic carbocycles. The molecule has 2 heterocycles. The Kier molecular flexibility index (Phi) is 6.59. The van der Waals surface area contributed by atoms with Crippen LogP contribution in [-0.2, 0) is 13.1 Å². The van der Waals surface area contributed by atoms with Crippen LogP contribution in [0.5, 0.6) is 0 Å². The lowest BCUT2D eigenvalue weighted by molar-refractivity contribution is 0.312. The maximum atomic E-state index is 13.7. The Balaban J connectivity index is 1.49. The molecular formula is C20H27FN6. The van der Waals surface area contributed by atoms with Crippen LogP contribution >= 0.6 is 0 Å². The van der Waals surface area contributed by atoms with Gasteiger partial charge in [0.05, 0.1) is 0 Å². The molecule has 27 heavy (non-hydrogen) atoms. The number of hydrogen-bond donors (Lipinski definition) is 2. The third-order valence-corrected chi connectivity index (χ3v) is 4.72. The van der Waals surface area contributed by atoms with E-state index in [1.807, 2.05) is 12.3 Å². The number of hydrogen-bond acceptors (Lipinski definition) is 4. The van der Waals surface area contributed by atoms with Gasteiger partial charge in [0.15, 0.2) is 5.96 Å². The van der Waals surface area contributed by atoms with Crippen LogP contribution in [0.25, 0.3) is 0 Å². The Hall–Kier alpha value is -2.67. The molecule has 0 unspecified atom stereocenters. The minimum Gasteiger partial charge on any atom is -0.354 e. The van der Waals surface area contributed by atoms with Gasteiger partial charge in [-0.3, -0.25) is 4.99 Å². The minimum absolute atomic E-state index is 0.218. The summed E-state index contributed by atoms with van der Waals surface area (Å²) in [5.41, 5.74) is 1.68. The lowest BCUT2D eigenvalue weighted by Crippen LogP contribution is -2.44. The summed E-state index contributed by atoms with van der Waals surface area (Å²) in [5, 5.41) is 6.37. The van der Waals surface area contributed by atoms with E-state index >= 15 is 0 Å². The summed E-state index contributed by atoms with van der Waals surface area (Å²) in [6.07, 6.45) is 1.89. The molecule has 3 rings (SSSR count). The Morgan fingerprint density at radius 1 is 1.07 bits per heavy atom. The van der Waals surface area contributed by atoms with Gasteiger partial charge in [-0.1, -0.05) is 24.3 Å². The van der Waals surface area contributed by atoms with Crippen molar-refractivity contribution in [2.75, 3.05) is 45.2 Å². The quantitative estimate of drug-likeness (QED) is 0.621. The van der Waals surface area contributed by atoms with Gasteiger partial charge < -0.3 is 20.4 Å². The SMILES string of the molecule is CN=C(NCc1ccc(N2CCN(C)CC2)nc1)NCc1ccccc1F. The number of nitrogens with one attached hydrogen (secondary N) is 2. The van der Waals surface area contributed by atoms with Gasteiger partial charge in [0, 0.05) is 58.1 Å². The molecule has 0 radical (unpaired) electrons. The van der Waals surface area contributed by atoms with Gasteiger partial charge in [0.25, 0.3) is 0 Å². The molecule has 0 saturated carbocycles. The van der Waals surface area contributed by atoms with Crippen LogP contribution in [-0.4, -0.2) is 56.1 Å². The van der Waals surface area contributed by atoms with Crippen LogP contribution in [0.4, 0.5) is 10.2 Å². The van der Waals surface area contributed by atoms with E-state index < -0.39 is 0 Å². The molecule has 0 aliphatic carbocycles. The standard InChI is InChI=1S/C20H27FN6/c1-22-20(25-15-17-5-3-4-6-18(17)21)24-14-16-7-8-19(23-13-16)27-11-9-26(2)10-12-27/h3-8,13H,9-12,14-15H2,1-2H3,(H2,22,24,25). The smallest absolute Gasteiger partial charge is 0.191 e. The lowest BCUT2D eigenvalue weighted by Gasteiger charge is -2.33. The fraction of sp³-hybridized carbons (Fsp3) is 0.400. The first kappa shape index (κ1) is 19.1. The highest BCUT2D eigenvalue weighted by atomic mass is 19.1. The number of piperazine rings is 1. The van der Waals surface area contributed by atoms with Crippen LogP contribution in [0.1, 0.15) is 11.1 Å². The third kappa shape index (κ3) is 5.40. The summed E-state index contributed by atoms with van der Waals surface area (Å²) in [7, 11) is 3.85. The fourth-order valence-electron chi connectivity index (χ4n) is 2.97. The monoisotopic (exact) mass is 370 g/mol. The highest BCUT2D eigenvalue weighted by Gasteiger charge is 2.14. The maximum absolute atomic E-state index is 13.7. The highest BCUT2D eigenvalue weighted by Crippen LogP contribution is 2.13. The average molecular weight is 370 g/mol. The number of benzene rings is 1. The second kappa shape index (κ2) is 9.32. The molecule has 0 bridgehead atoms. The van der Waals surface area contributed by atoms with E-state index in [0.29, 0.717) is 24.6 Å². The summed E-state index contributed by atoms with van der Waals surface area (Å²) in [4.78, 5) is 13.4. The molecule has 0 atom stereocenters. The average Bonchev–Trinajstić information content (AvgIpc) is 2.70. The van der Waals surface area contributed by atoms with Crippen LogP contribution in [0.3, 0.4) is 0 Å². The normalized spacial score (nSPS) is 15.7. The van der Waals surface area contributed by atoms with Gasteiger partial charge in [-0.05, 0) is 24.7 Å². The molecule has 1 aliphatic heterocycles. The van der Waals surface area contributed by atoms with Crippen molar-refractivity contribution >= 4 is 11.8 Å². The first-order chi connectivity index (χ1) is 13.2. The summed E-state index contributed by atoms with van der Waals surface area (Å²) < 4.78 is 13.7. The van der Waals surface area contributed by atoms with Gasteiger partial charge in [-0.2, -0.15) is 0 Å². The Morgan fingerprint density at radius 2 is 1.81 bits per heavy atom. The first-order valence-electron chi connectivity index (χ1n) is 9.22. The number of halogens is 1. The second-order valence-corrected chi connectivity index (χ2v) is 6.69. The van der Waals surface area contributed by atoms with Crippen molar-refractivity contribution in [1.29, 1.82) is 0 Å². The van der Waals surface area contributed by atoms with Gasteiger partial charge in [0.2, 0.25) is 0 Å². The molecule has 1 aliphatic rings. The van der Waals surface area contributed by atoms with Crippen molar-refractivity contribution in [3.8, 4) is 0 Å². The minimum atomic E-state index is -0.218. The van der Waals surface area contributed by atoms with Crippen LogP contribution in [0, 0.1) is 5.82 Å². The van der Waals surface area contributed by atoms with E-state index in [0.717, 1.165) is 37.6 Å². The van der Waals surface area contributed by atoms with E-state index in [2.05, 4.69) is 49.6 Å². The zero-order valence-corrected chi connectivity index (χ0v) is 16.0. The number of anilines is 1. The molecule has 0 spiro atoms. The molecular weight excluding hydrogens is 343 g/mol. The van der Waals surface area contributed by atoms with E-state index in [4.69, 9.17) is 0 Å². The van der Waals surface area contributed by atoms with E-state index in [9.17, 15) is 4.39 Å². The van der Waals surface area contributed by atoms with Gasteiger partial charge in [-0.25, -0.2) is 9.37 Å². The van der Waals surface area contributed by atoms with E-state index in [1.165, 1.54) is 6.07 Å². The molecule has 1 aromatic heterocycles. The van der Waals surface area contributed by atoms with Gasteiger partial charge in [0.1, 0.15) is 11.6 Å². The number of rotatable bonds is 5. The summed E-state index contributed by atoms with van der Waals surface area (Å²) in [6.45, 7) is 5.13. The van der Waals surface area contributed by atoms with Gasteiger partial charge in [-0.15, -0.1) is 0 Å². The molecule has 6 nitrogen and oxygen atoms in total. The zero-order valence-electron chi connectivity index (χ0n) is 16.0. The van der Waals surface area contributed by atoms with E-state index in [-0.39, 0.29) is 5.82 Å². The third-order valence-electron chi connectivity index (χ3n) is 4.72. The molecule has 0 amide bonds. The molecule has 1 saturated heterocycles. The molecule has 1 fully saturated rings. The largest absolute Gasteiger partial charge is 0.354 e. The number of guanidine groups is 1. The number of aromatic nitrogens is 1.